The van der Waals surface area contributed by atoms with Crippen molar-refractivity contribution in [1.29, 1.82) is 0 Å². The van der Waals surface area contributed by atoms with Gasteiger partial charge in [0.05, 0.1) is 0 Å². The molecule has 2 fully saturated rings. The number of rotatable bonds is 2. The normalized spacial score (nSPS) is 34.0. The van der Waals surface area contributed by atoms with Gasteiger partial charge >= 0.3 is 0 Å². The van der Waals surface area contributed by atoms with E-state index in [0.717, 1.165) is 18.6 Å². The number of piperidine rings is 1. The number of hydrogen-bond acceptors (Lipinski definition) is 3. The molecule has 0 amide bonds. The average Bonchev–Trinajstić information content (AvgIpc) is 2.60. The minimum Gasteiger partial charge on any atom is -0.490 e. The Morgan fingerprint density at radius 3 is 2.47 bits per heavy atom. The molecular formula is C12H16N2O. The number of fused-ring (bicyclic) bond motifs is 2. The van der Waals surface area contributed by atoms with Crippen molar-refractivity contribution < 1.29 is 4.74 Å². The highest BCUT2D eigenvalue weighted by molar-refractivity contribution is 5.17. The van der Waals surface area contributed by atoms with E-state index < -0.39 is 0 Å². The number of aromatic nitrogens is 1. The number of pyridine rings is 1. The molecule has 0 aliphatic carbocycles. The van der Waals surface area contributed by atoms with Crippen LogP contribution >= 0.6 is 0 Å². The van der Waals surface area contributed by atoms with Gasteiger partial charge in [-0.15, -0.1) is 0 Å². The molecule has 2 unspecified atom stereocenters. The van der Waals surface area contributed by atoms with Gasteiger partial charge in [0.1, 0.15) is 11.9 Å². The minimum atomic E-state index is 0.395. The maximum Gasteiger partial charge on any atom is 0.122 e. The van der Waals surface area contributed by atoms with Crippen LogP contribution in [0.4, 0.5) is 0 Å². The average molecular weight is 204 g/mol. The molecule has 3 rings (SSSR count). The molecule has 2 bridgehead atoms. The van der Waals surface area contributed by atoms with Gasteiger partial charge in [-0.2, -0.15) is 0 Å². The number of nitrogens with zero attached hydrogens (tertiary/aromatic N) is 1. The first-order valence-electron chi connectivity index (χ1n) is 5.73. The zero-order chi connectivity index (χ0) is 10.1. The highest BCUT2D eigenvalue weighted by Gasteiger charge is 2.34. The topological polar surface area (TPSA) is 34.1 Å². The monoisotopic (exact) mass is 204 g/mol. The molecule has 1 aromatic heterocycles. The van der Waals surface area contributed by atoms with Crippen LogP contribution in [-0.2, 0) is 0 Å². The van der Waals surface area contributed by atoms with E-state index >= 15 is 0 Å². The van der Waals surface area contributed by atoms with E-state index in [1.54, 1.807) is 12.4 Å². The lowest BCUT2D eigenvalue weighted by Gasteiger charge is -2.29. The van der Waals surface area contributed by atoms with Gasteiger partial charge in [0.25, 0.3) is 0 Å². The standard InChI is InChI=1S/C12H16N2O/c1-2-10-8-12(7-9(1)14-10)15-11-3-5-13-6-4-11/h3-6,9-10,12,14H,1-2,7-8H2. The zero-order valence-corrected chi connectivity index (χ0v) is 8.73. The largest absolute Gasteiger partial charge is 0.490 e. The van der Waals surface area contributed by atoms with Gasteiger partial charge in [-0.25, -0.2) is 0 Å². The highest BCUT2D eigenvalue weighted by atomic mass is 16.5. The third kappa shape index (κ3) is 1.97. The SMILES string of the molecule is c1cc(OC2CC3CCC(C2)N3)ccn1. The predicted molar refractivity (Wildman–Crippen MR) is 57.8 cm³/mol. The first kappa shape index (κ1) is 9.16. The summed E-state index contributed by atoms with van der Waals surface area (Å²) in [5.41, 5.74) is 0. The van der Waals surface area contributed by atoms with Crippen molar-refractivity contribution in [3.05, 3.63) is 24.5 Å². The van der Waals surface area contributed by atoms with Crippen LogP contribution in [0.5, 0.6) is 5.75 Å². The van der Waals surface area contributed by atoms with Gasteiger partial charge < -0.3 is 10.1 Å². The summed E-state index contributed by atoms with van der Waals surface area (Å²) >= 11 is 0. The van der Waals surface area contributed by atoms with Crippen LogP contribution in [0.25, 0.3) is 0 Å². The summed E-state index contributed by atoms with van der Waals surface area (Å²) < 4.78 is 5.96. The Bertz CT molecular complexity index is 316. The fourth-order valence-corrected chi connectivity index (χ4v) is 2.71. The van der Waals surface area contributed by atoms with Gasteiger partial charge in [-0.1, -0.05) is 0 Å². The van der Waals surface area contributed by atoms with Crippen LogP contribution in [0.1, 0.15) is 25.7 Å². The second-order valence-electron chi connectivity index (χ2n) is 4.53. The van der Waals surface area contributed by atoms with Gasteiger partial charge in [0.15, 0.2) is 0 Å². The summed E-state index contributed by atoms with van der Waals surface area (Å²) in [6, 6.07) is 5.25. The van der Waals surface area contributed by atoms with Gasteiger partial charge in [0.2, 0.25) is 0 Å². The highest BCUT2D eigenvalue weighted by Crippen LogP contribution is 2.29. The van der Waals surface area contributed by atoms with E-state index in [2.05, 4.69) is 10.3 Å². The van der Waals surface area contributed by atoms with Crippen LogP contribution in [0, 0.1) is 0 Å². The third-order valence-corrected chi connectivity index (χ3v) is 3.38. The lowest BCUT2D eigenvalue weighted by atomic mass is 10.0. The molecular weight excluding hydrogens is 188 g/mol. The molecule has 3 heteroatoms. The van der Waals surface area contributed by atoms with Crippen molar-refractivity contribution in [2.24, 2.45) is 0 Å². The number of ether oxygens (including phenoxy) is 1. The molecule has 2 aliphatic heterocycles. The van der Waals surface area contributed by atoms with Crippen molar-refractivity contribution in [1.82, 2.24) is 10.3 Å². The fraction of sp³-hybridized carbons (Fsp3) is 0.583. The van der Waals surface area contributed by atoms with E-state index in [4.69, 9.17) is 4.74 Å². The van der Waals surface area contributed by atoms with Gasteiger partial charge in [0, 0.05) is 24.5 Å². The lowest BCUT2D eigenvalue weighted by molar-refractivity contribution is 0.137. The van der Waals surface area contributed by atoms with Crippen molar-refractivity contribution in [3.8, 4) is 5.75 Å². The van der Waals surface area contributed by atoms with Crippen molar-refractivity contribution in [2.75, 3.05) is 0 Å². The Hall–Kier alpha value is -1.09. The van der Waals surface area contributed by atoms with Crippen LogP contribution in [0.15, 0.2) is 24.5 Å². The summed E-state index contributed by atoms with van der Waals surface area (Å²) in [6.07, 6.45) is 8.90. The molecule has 0 saturated carbocycles. The third-order valence-electron chi connectivity index (χ3n) is 3.38. The molecule has 80 valence electrons. The number of hydrogen-bond donors (Lipinski definition) is 1. The predicted octanol–water partition coefficient (Wildman–Crippen LogP) is 1.74. The van der Waals surface area contributed by atoms with Crippen LogP contribution in [-0.4, -0.2) is 23.2 Å². The van der Waals surface area contributed by atoms with Crippen LogP contribution in [0.3, 0.4) is 0 Å². The fourth-order valence-electron chi connectivity index (χ4n) is 2.71. The smallest absolute Gasteiger partial charge is 0.122 e. The zero-order valence-electron chi connectivity index (χ0n) is 8.73. The number of nitrogens with one attached hydrogen (secondary N) is 1. The Morgan fingerprint density at radius 2 is 1.80 bits per heavy atom. The molecule has 1 N–H and O–H groups in total. The summed E-state index contributed by atoms with van der Waals surface area (Å²) in [5, 5.41) is 3.61. The molecule has 2 atom stereocenters. The first-order valence-corrected chi connectivity index (χ1v) is 5.73. The molecule has 2 saturated heterocycles. The van der Waals surface area contributed by atoms with Crippen LogP contribution in [0.2, 0.25) is 0 Å². The molecule has 3 heterocycles. The van der Waals surface area contributed by atoms with Crippen molar-refractivity contribution in [2.45, 2.75) is 43.9 Å². The second kappa shape index (κ2) is 3.81. The summed E-state index contributed by atoms with van der Waals surface area (Å²) in [7, 11) is 0. The Labute approximate surface area is 89.9 Å². The molecule has 0 spiro atoms. The van der Waals surface area contributed by atoms with Crippen molar-refractivity contribution >= 4 is 0 Å². The molecule has 1 aromatic rings. The second-order valence-corrected chi connectivity index (χ2v) is 4.53. The molecule has 3 nitrogen and oxygen atoms in total. The maximum atomic E-state index is 5.96. The first-order chi connectivity index (χ1) is 7.40. The minimum absolute atomic E-state index is 0.395. The van der Waals surface area contributed by atoms with Gasteiger partial charge in [-0.05, 0) is 37.8 Å². The Balaban J connectivity index is 1.65. The molecule has 15 heavy (non-hydrogen) atoms. The van der Waals surface area contributed by atoms with Crippen molar-refractivity contribution in [3.63, 3.8) is 0 Å². The quantitative estimate of drug-likeness (QED) is 0.796. The van der Waals surface area contributed by atoms with E-state index in [-0.39, 0.29) is 0 Å². The van der Waals surface area contributed by atoms with Crippen LogP contribution < -0.4 is 10.1 Å². The van der Waals surface area contributed by atoms with E-state index in [1.807, 2.05) is 12.1 Å². The maximum absolute atomic E-state index is 5.96. The van der Waals surface area contributed by atoms with E-state index in [9.17, 15) is 0 Å². The Kier molecular flexibility index (Phi) is 2.33. The van der Waals surface area contributed by atoms with E-state index in [1.165, 1.54) is 12.8 Å². The lowest BCUT2D eigenvalue weighted by Crippen LogP contribution is -2.42. The van der Waals surface area contributed by atoms with Gasteiger partial charge in [-0.3, -0.25) is 4.98 Å². The Morgan fingerprint density at radius 1 is 1.13 bits per heavy atom. The van der Waals surface area contributed by atoms with E-state index in [0.29, 0.717) is 18.2 Å². The molecule has 0 aromatic carbocycles. The summed E-state index contributed by atoms with van der Waals surface area (Å²) in [6.45, 7) is 0. The summed E-state index contributed by atoms with van der Waals surface area (Å²) in [4.78, 5) is 3.99. The molecule has 0 radical (unpaired) electrons. The molecule has 2 aliphatic rings. The summed E-state index contributed by atoms with van der Waals surface area (Å²) in [5.74, 6) is 0.955.